The van der Waals surface area contributed by atoms with Crippen molar-refractivity contribution in [3.8, 4) is 0 Å². The van der Waals surface area contributed by atoms with Crippen molar-refractivity contribution in [2.45, 2.75) is 19.4 Å². The number of piperidine rings is 1. The lowest BCUT2D eigenvalue weighted by Crippen LogP contribution is -2.44. The van der Waals surface area contributed by atoms with Crippen molar-refractivity contribution in [1.29, 1.82) is 0 Å². The largest absolute Gasteiger partial charge is 0.447 e. The number of nitrogens with zero attached hydrogens (tertiary/aromatic N) is 2. The third-order valence-corrected chi connectivity index (χ3v) is 4.59. The molecule has 2 aliphatic heterocycles. The standard InChI is InChI=1S/C17H23N3O4/c21-12-13-4-6-19(7-5-13)16(22)18-11-14-2-1-3-15(10-14)20-8-9-24-17(20)23/h1-3,10,13,21H,4-9,11-12H2,(H,18,22). The maximum Gasteiger partial charge on any atom is 0.414 e. The van der Waals surface area contributed by atoms with Gasteiger partial charge in [0.25, 0.3) is 0 Å². The molecule has 2 fully saturated rings. The predicted octanol–water partition coefficient (Wildman–Crippen LogP) is 1.56. The van der Waals surface area contributed by atoms with Crippen LogP contribution in [0.5, 0.6) is 0 Å². The average molecular weight is 333 g/mol. The Balaban J connectivity index is 1.53. The molecule has 0 bridgehead atoms. The Morgan fingerprint density at radius 1 is 1.29 bits per heavy atom. The average Bonchev–Trinajstić information content (AvgIpc) is 3.06. The highest BCUT2D eigenvalue weighted by atomic mass is 16.6. The highest BCUT2D eigenvalue weighted by Gasteiger charge is 2.24. The van der Waals surface area contributed by atoms with E-state index in [0.717, 1.165) is 24.1 Å². The number of carbonyl (C=O) groups is 2. The Labute approximate surface area is 141 Å². The molecule has 3 rings (SSSR count). The van der Waals surface area contributed by atoms with Crippen LogP contribution in [0.1, 0.15) is 18.4 Å². The number of hydrogen-bond acceptors (Lipinski definition) is 4. The van der Waals surface area contributed by atoms with E-state index < -0.39 is 0 Å². The van der Waals surface area contributed by atoms with Gasteiger partial charge in [-0.3, -0.25) is 4.90 Å². The lowest BCUT2D eigenvalue weighted by molar-refractivity contribution is 0.137. The Bertz CT molecular complexity index is 599. The lowest BCUT2D eigenvalue weighted by Gasteiger charge is -2.31. The Morgan fingerprint density at radius 2 is 2.08 bits per heavy atom. The number of aliphatic hydroxyl groups excluding tert-OH is 1. The zero-order chi connectivity index (χ0) is 16.9. The second-order valence-corrected chi connectivity index (χ2v) is 6.21. The summed E-state index contributed by atoms with van der Waals surface area (Å²) >= 11 is 0. The van der Waals surface area contributed by atoms with Gasteiger partial charge in [-0.1, -0.05) is 12.1 Å². The molecule has 0 atom stereocenters. The van der Waals surface area contributed by atoms with Gasteiger partial charge in [-0.25, -0.2) is 9.59 Å². The molecule has 0 saturated carbocycles. The molecule has 0 spiro atoms. The van der Waals surface area contributed by atoms with Crippen molar-refractivity contribution in [3.05, 3.63) is 29.8 Å². The first-order valence-corrected chi connectivity index (χ1v) is 8.34. The van der Waals surface area contributed by atoms with Crippen LogP contribution < -0.4 is 10.2 Å². The number of rotatable bonds is 4. The summed E-state index contributed by atoms with van der Waals surface area (Å²) in [6.07, 6.45) is 1.36. The van der Waals surface area contributed by atoms with Gasteiger partial charge in [0.2, 0.25) is 0 Å². The van der Waals surface area contributed by atoms with Crippen LogP contribution in [0.4, 0.5) is 15.3 Å². The van der Waals surface area contributed by atoms with Gasteiger partial charge in [-0.2, -0.15) is 0 Å². The topological polar surface area (TPSA) is 82.1 Å². The first-order valence-electron chi connectivity index (χ1n) is 8.34. The van der Waals surface area contributed by atoms with Crippen LogP contribution in [0.2, 0.25) is 0 Å². The summed E-state index contributed by atoms with van der Waals surface area (Å²) in [4.78, 5) is 27.2. The molecule has 2 aliphatic rings. The maximum absolute atomic E-state index is 12.2. The quantitative estimate of drug-likeness (QED) is 0.876. The van der Waals surface area contributed by atoms with Gasteiger partial charge in [0.1, 0.15) is 6.61 Å². The van der Waals surface area contributed by atoms with Crippen molar-refractivity contribution < 1.29 is 19.4 Å². The second-order valence-electron chi connectivity index (χ2n) is 6.21. The molecule has 7 heteroatoms. The summed E-state index contributed by atoms with van der Waals surface area (Å²) < 4.78 is 4.95. The molecule has 2 heterocycles. The van der Waals surface area contributed by atoms with Crippen LogP contribution in [-0.2, 0) is 11.3 Å². The van der Waals surface area contributed by atoms with Crippen LogP contribution in [-0.4, -0.2) is 55.0 Å². The van der Waals surface area contributed by atoms with Crippen molar-refractivity contribution in [2.75, 3.05) is 37.7 Å². The molecule has 130 valence electrons. The summed E-state index contributed by atoms with van der Waals surface area (Å²) in [6.45, 7) is 2.92. The molecule has 2 saturated heterocycles. The van der Waals surface area contributed by atoms with E-state index in [0.29, 0.717) is 38.7 Å². The van der Waals surface area contributed by atoms with Gasteiger partial charge in [-0.15, -0.1) is 0 Å². The zero-order valence-corrected chi connectivity index (χ0v) is 13.6. The first kappa shape index (κ1) is 16.6. The number of anilines is 1. The SMILES string of the molecule is O=C(NCc1cccc(N2CCOC2=O)c1)N1CCC(CO)CC1. The number of nitrogens with one attached hydrogen (secondary N) is 1. The number of benzene rings is 1. The molecule has 1 aromatic rings. The summed E-state index contributed by atoms with van der Waals surface area (Å²) in [5.41, 5.74) is 1.72. The molecular weight excluding hydrogens is 310 g/mol. The fourth-order valence-corrected chi connectivity index (χ4v) is 3.07. The second kappa shape index (κ2) is 7.53. The van der Waals surface area contributed by atoms with Crippen LogP contribution in [0.3, 0.4) is 0 Å². The number of urea groups is 1. The van der Waals surface area contributed by atoms with Crippen LogP contribution in [0, 0.1) is 5.92 Å². The molecule has 2 N–H and O–H groups in total. The molecule has 0 aliphatic carbocycles. The third-order valence-electron chi connectivity index (χ3n) is 4.59. The summed E-state index contributed by atoms with van der Waals surface area (Å²) in [5, 5.41) is 12.1. The van der Waals surface area contributed by atoms with E-state index in [9.17, 15) is 9.59 Å². The molecule has 0 aromatic heterocycles. The number of amides is 3. The fourth-order valence-electron chi connectivity index (χ4n) is 3.07. The van der Waals surface area contributed by atoms with Gasteiger partial charge in [0, 0.05) is 31.9 Å². The summed E-state index contributed by atoms with van der Waals surface area (Å²) in [6, 6.07) is 7.46. The molecule has 24 heavy (non-hydrogen) atoms. The zero-order valence-electron chi connectivity index (χ0n) is 13.6. The van der Waals surface area contributed by atoms with E-state index in [1.807, 2.05) is 24.3 Å². The molecule has 3 amide bonds. The first-order chi connectivity index (χ1) is 11.7. The van der Waals surface area contributed by atoms with E-state index in [4.69, 9.17) is 9.84 Å². The van der Waals surface area contributed by atoms with Crippen molar-refractivity contribution in [2.24, 2.45) is 5.92 Å². The fraction of sp³-hybridized carbons (Fsp3) is 0.529. The van der Waals surface area contributed by atoms with Crippen LogP contribution >= 0.6 is 0 Å². The van der Waals surface area contributed by atoms with E-state index >= 15 is 0 Å². The number of cyclic esters (lactones) is 1. The maximum atomic E-state index is 12.2. The van der Waals surface area contributed by atoms with Crippen molar-refractivity contribution in [1.82, 2.24) is 10.2 Å². The van der Waals surface area contributed by atoms with E-state index in [1.165, 1.54) is 0 Å². The third kappa shape index (κ3) is 3.79. The highest BCUT2D eigenvalue weighted by molar-refractivity contribution is 5.89. The van der Waals surface area contributed by atoms with Crippen molar-refractivity contribution in [3.63, 3.8) is 0 Å². The number of ether oxygens (including phenoxy) is 1. The minimum Gasteiger partial charge on any atom is -0.447 e. The smallest absolute Gasteiger partial charge is 0.414 e. The van der Waals surface area contributed by atoms with Gasteiger partial charge < -0.3 is 20.1 Å². The van der Waals surface area contributed by atoms with E-state index in [2.05, 4.69) is 5.32 Å². The number of carbonyl (C=O) groups excluding carboxylic acids is 2. The highest BCUT2D eigenvalue weighted by Crippen LogP contribution is 2.20. The van der Waals surface area contributed by atoms with Crippen molar-refractivity contribution >= 4 is 17.8 Å². The Morgan fingerprint density at radius 3 is 2.75 bits per heavy atom. The molecule has 0 unspecified atom stereocenters. The Kier molecular flexibility index (Phi) is 5.20. The van der Waals surface area contributed by atoms with E-state index in [1.54, 1.807) is 9.80 Å². The normalized spacial score (nSPS) is 18.6. The summed E-state index contributed by atoms with van der Waals surface area (Å²) in [5.74, 6) is 0.311. The van der Waals surface area contributed by atoms with Crippen LogP contribution in [0.15, 0.2) is 24.3 Å². The number of likely N-dealkylation sites (tertiary alicyclic amines) is 1. The summed E-state index contributed by atoms with van der Waals surface area (Å²) in [7, 11) is 0. The van der Waals surface area contributed by atoms with Gasteiger partial charge >= 0.3 is 12.1 Å². The minimum absolute atomic E-state index is 0.0858. The molecule has 1 aromatic carbocycles. The number of hydrogen-bond donors (Lipinski definition) is 2. The lowest BCUT2D eigenvalue weighted by atomic mass is 9.98. The molecule has 0 radical (unpaired) electrons. The minimum atomic E-state index is -0.331. The van der Waals surface area contributed by atoms with Crippen LogP contribution in [0.25, 0.3) is 0 Å². The Hall–Kier alpha value is -2.28. The monoisotopic (exact) mass is 333 g/mol. The van der Waals surface area contributed by atoms with E-state index in [-0.39, 0.29) is 18.7 Å². The van der Waals surface area contributed by atoms with Gasteiger partial charge in [-0.05, 0) is 36.5 Å². The molecule has 7 nitrogen and oxygen atoms in total. The molecular formula is C17H23N3O4. The number of aliphatic hydroxyl groups is 1. The predicted molar refractivity (Wildman–Crippen MR) is 88.8 cm³/mol. The van der Waals surface area contributed by atoms with Gasteiger partial charge in [0.15, 0.2) is 0 Å². The van der Waals surface area contributed by atoms with Gasteiger partial charge in [0.05, 0.1) is 6.54 Å².